The fourth-order valence-electron chi connectivity index (χ4n) is 2.50. The maximum atomic E-state index is 12.7. The Balaban J connectivity index is 1.80. The number of anilines is 1. The van der Waals surface area contributed by atoms with Crippen LogP contribution in [0.15, 0.2) is 46.3 Å². The molecular weight excluding hydrogens is 440 g/mol. The number of ether oxygens (including phenoxy) is 2. The molecule has 0 saturated heterocycles. The molecule has 2 heterocycles. The SMILES string of the molecule is CCOC(=O)c1sc(NC(=O)[C@H](C)Sc2nc(OC)cc(=O)[nH]2)nc1-c1ccccc1. The Morgan fingerprint density at radius 3 is 2.68 bits per heavy atom. The van der Waals surface area contributed by atoms with Gasteiger partial charge in [0, 0.05) is 5.56 Å². The first-order chi connectivity index (χ1) is 14.9. The number of thioether (sulfide) groups is 1. The van der Waals surface area contributed by atoms with Crippen molar-refractivity contribution in [2.75, 3.05) is 19.0 Å². The van der Waals surface area contributed by atoms with Crippen LogP contribution in [0.5, 0.6) is 5.88 Å². The Bertz CT molecular complexity index is 1130. The van der Waals surface area contributed by atoms with E-state index in [1.807, 2.05) is 30.3 Å². The minimum atomic E-state index is -0.606. The van der Waals surface area contributed by atoms with Crippen LogP contribution in [0.4, 0.5) is 5.13 Å². The number of hydrogen-bond acceptors (Lipinski definition) is 9. The molecule has 162 valence electrons. The topological polar surface area (TPSA) is 123 Å². The van der Waals surface area contributed by atoms with Gasteiger partial charge in [-0.05, 0) is 13.8 Å². The zero-order chi connectivity index (χ0) is 22.4. The van der Waals surface area contributed by atoms with Crippen molar-refractivity contribution >= 4 is 40.1 Å². The van der Waals surface area contributed by atoms with Crippen LogP contribution in [0.25, 0.3) is 11.3 Å². The van der Waals surface area contributed by atoms with Gasteiger partial charge in [0.25, 0.3) is 5.56 Å². The van der Waals surface area contributed by atoms with Crippen molar-refractivity contribution in [3.8, 4) is 17.1 Å². The number of methoxy groups -OCH3 is 1. The van der Waals surface area contributed by atoms with Crippen molar-refractivity contribution in [2.45, 2.75) is 24.3 Å². The van der Waals surface area contributed by atoms with E-state index in [0.717, 1.165) is 28.7 Å². The summed E-state index contributed by atoms with van der Waals surface area (Å²) in [6, 6.07) is 10.4. The number of nitrogens with one attached hydrogen (secondary N) is 2. The van der Waals surface area contributed by atoms with Gasteiger partial charge >= 0.3 is 5.97 Å². The summed E-state index contributed by atoms with van der Waals surface area (Å²) in [5, 5.41) is 2.64. The molecule has 0 aliphatic heterocycles. The second-order valence-electron chi connectivity index (χ2n) is 6.13. The average Bonchev–Trinajstić information content (AvgIpc) is 3.18. The maximum Gasteiger partial charge on any atom is 0.350 e. The number of aromatic amines is 1. The van der Waals surface area contributed by atoms with E-state index in [1.54, 1.807) is 13.8 Å². The maximum absolute atomic E-state index is 12.7. The molecule has 31 heavy (non-hydrogen) atoms. The van der Waals surface area contributed by atoms with Crippen molar-refractivity contribution in [1.82, 2.24) is 15.0 Å². The highest BCUT2D eigenvalue weighted by atomic mass is 32.2. The van der Waals surface area contributed by atoms with Crippen molar-refractivity contribution in [2.24, 2.45) is 0 Å². The Hall–Kier alpha value is -3.18. The third-order valence-corrected chi connectivity index (χ3v) is 5.86. The lowest BCUT2D eigenvalue weighted by atomic mass is 10.1. The lowest BCUT2D eigenvalue weighted by molar-refractivity contribution is -0.115. The molecule has 1 atom stereocenters. The average molecular weight is 461 g/mol. The summed E-state index contributed by atoms with van der Waals surface area (Å²) >= 11 is 2.11. The van der Waals surface area contributed by atoms with Gasteiger partial charge in [-0.3, -0.25) is 9.59 Å². The molecule has 1 amide bonds. The van der Waals surface area contributed by atoms with E-state index in [-0.39, 0.29) is 34.2 Å². The summed E-state index contributed by atoms with van der Waals surface area (Å²) < 4.78 is 10.1. The first-order valence-corrected chi connectivity index (χ1v) is 11.0. The number of nitrogens with zero attached hydrogens (tertiary/aromatic N) is 2. The number of rotatable bonds is 8. The fraction of sp³-hybridized carbons (Fsp3) is 0.250. The Morgan fingerprint density at radius 1 is 1.26 bits per heavy atom. The summed E-state index contributed by atoms with van der Waals surface area (Å²) in [7, 11) is 1.40. The van der Waals surface area contributed by atoms with Gasteiger partial charge in [0.15, 0.2) is 10.3 Å². The molecule has 0 radical (unpaired) electrons. The van der Waals surface area contributed by atoms with E-state index in [4.69, 9.17) is 9.47 Å². The zero-order valence-corrected chi connectivity index (χ0v) is 18.6. The van der Waals surface area contributed by atoms with Crippen LogP contribution in [-0.2, 0) is 9.53 Å². The third kappa shape index (κ3) is 5.70. The number of aromatic nitrogens is 3. The van der Waals surface area contributed by atoms with Gasteiger partial charge in [-0.15, -0.1) is 0 Å². The number of hydrogen-bond donors (Lipinski definition) is 2. The largest absolute Gasteiger partial charge is 0.481 e. The predicted molar refractivity (Wildman–Crippen MR) is 119 cm³/mol. The van der Waals surface area contributed by atoms with Crippen LogP contribution in [0.3, 0.4) is 0 Å². The van der Waals surface area contributed by atoms with Gasteiger partial charge in [0.1, 0.15) is 4.88 Å². The first-order valence-electron chi connectivity index (χ1n) is 9.27. The molecule has 3 rings (SSSR count). The Kier molecular flexibility index (Phi) is 7.42. The highest BCUT2D eigenvalue weighted by Crippen LogP contribution is 2.32. The molecule has 0 aliphatic carbocycles. The van der Waals surface area contributed by atoms with Crippen molar-refractivity contribution in [1.29, 1.82) is 0 Å². The van der Waals surface area contributed by atoms with Crippen molar-refractivity contribution < 1.29 is 19.1 Å². The number of carbonyl (C=O) groups excluding carboxylic acids is 2. The predicted octanol–water partition coefficient (Wildman–Crippen LogP) is 3.20. The number of amides is 1. The van der Waals surface area contributed by atoms with E-state index in [9.17, 15) is 14.4 Å². The quantitative estimate of drug-likeness (QED) is 0.298. The van der Waals surface area contributed by atoms with Crippen LogP contribution < -0.4 is 15.6 Å². The normalized spacial score (nSPS) is 11.6. The number of H-pyrrole nitrogens is 1. The monoisotopic (exact) mass is 460 g/mol. The third-order valence-electron chi connectivity index (χ3n) is 3.93. The molecule has 1 aromatic carbocycles. The molecule has 0 aliphatic rings. The van der Waals surface area contributed by atoms with E-state index in [2.05, 4.69) is 20.3 Å². The van der Waals surface area contributed by atoms with Crippen LogP contribution >= 0.6 is 23.1 Å². The molecule has 3 aromatic rings. The van der Waals surface area contributed by atoms with Crippen LogP contribution in [0.1, 0.15) is 23.5 Å². The Labute approximate surface area is 186 Å². The van der Waals surface area contributed by atoms with Gasteiger partial charge in [-0.1, -0.05) is 53.4 Å². The van der Waals surface area contributed by atoms with E-state index >= 15 is 0 Å². The highest BCUT2D eigenvalue weighted by molar-refractivity contribution is 8.00. The minimum absolute atomic E-state index is 0.158. The second kappa shape index (κ2) is 10.2. The lowest BCUT2D eigenvalue weighted by Crippen LogP contribution is -2.23. The van der Waals surface area contributed by atoms with Gasteiger partial charge in [0.2, 0.25) is 11.8 Å². The van der Waals surface area contributed by atoms with Crippen LogP contribution in [0, 0.1) is 0 Å². The molecule has 0 unspecified atom stereocenters. The van der Waals surface area contributed by atoms with E-state index < -0.39 is 11.2 Å². The van der Waals surface area contributed by atoms with Crippen molar-refractivity contribution in [3.05, 3.63) is 51.6 Å². The molecule has 0 spiro atoms. The molecular formula is C20H20N4O5S2. The van der Waals surface area contributed by atoms with Gasteiger partial charge < -0.3 is 19.8 Å². The molecule has 0 fully saturated rings. The smallest absolute Gasteiger partial charge is 0.350 e. The van der Waals surface area contributed by atoms with Crippen molar-refractivity contribution in [3.63, 3.8) is 0 Å². The zero-order valence-electron chi connectivity index (χ0n) is 17.0. The molecule has 9 nitrogen and oxygen atoms in total. The minimum Gasteiger partial charge on any atom is -0.481 e. The first kappa shape index (κ1) is 22.5. The molecule has 0 saturated carbocycles. The summed E-state index contributed by atoms with van der Waals surface area (Å²) in [6.07, 6.45) is 0. The Morgan fingerprint density at radius 2 is 2.00 bits per heavy atom. The van der Waals surface area contributed by atoms with Gasteiger partial charge in [-0.25, -0.2) is 9.78 Å². The summed E-state index contributed by atoms with van der Waals surface area (Å²) in [6.45, 7) is 3.61. The molecule has 2 aromatic heterocycles. The van der Waals surface area contributed by atoms with E-state index in [0.29, 0.717) is 10.6 Å². The number of esters is 1. The van der Waals surface area contributed by atoms with Crippen LogP contribution in [-0.4, -0.2) is 45.8 Å². The molecule has 0 bridgehead atoms. The van der Waals surface area contributed by atoms with E-state index in [1.165, 1.54) is 13.2 Å². The molecule has 2 N–H and O–H groups in total. The number of benzene rings is 1. The molecule has 11 heteroatoms. The fourth-order valence-corrected chi connectivity index (χ4v) is 4.19. The van der Waals surface area contributed by atoms with Gasteiger partial charge in [-0.2, -0.15) is 4.98 Å². The standard InChI is InChI=1S/C20H20N4O5S2/c1-4-29-18(27)16-15(12-8-6-5-7-9-12)23-20(31-16)24-17(26)11(2)30-19-21-13(25)10-14(22-19)28-3/h5-11H,4H2,1-3H3,(H,21,22,25)(H,23,24,26)/t11-/m0/s1. The summed E-state index contributed by atoms with van der Waals surface area (Å²) in [5.74, 6) is -0.704. The second-order valence-corrected chi connectivity index (χ2v) is 8.45. The number of carbonyl (C=O) groups is 2. The summed E-state index contributed by atoms with van der Waals surface area (Å²) in [4.78, 5) is 48.1. The number of thiazole rings is 1. The highest BCUT2D eigenvalue weighted by Gasteiger charge is 2.23. The summed E-state index contributed by atoms with van der Waals surface area (Å²) in [5.41, 5.74) is 0.801. The lowest BCUT2D eigenvalue weighted by Gasteiger charge is -2.10. The van der Waals surface area contributed by atoms with Gasteiger partial charge in [0.05, 0.1) is 30.7 Å². The van der Waals surface area contributed by atoms with Crippen LogP contribution in [0.2, 0.25) is 0 Å².